The summed E-state index contributed by atoms with van der Waals surface area (Å²) >= 11 is 0. The molecule has 0 atom stereocenters. The van der Waals surface area contributed by atoms with Gasteiger partial charge in [0.05, 0.1) is 0 Å². The molecule has 0 saturated carbocycles. The smallest absolute Gasteiger partial charge is 0.331 e. The van der Waals surface area contributed by atoms with E-state index < -0.39 is 5.97 Å². The molecule has 0 aromatic rings. The van der Waals surface area contributed by atoms with E-state index >= 15 is 0 Å². The minimum absolute atomic E-state index is 0.507. The first-order chi connectivity index (χ1) is 5.72. The normalized spacial score (nSPS) is 11.7. The molecule has 0 unspecified atom stereocenters. The Morgan fingerprint density at radius 2 is 2.25 bits per heavy atom. The second-order valence-electron chi connectivity index (χ2n) is 2.58. The third-order valence-electron chi connectivity index (χ3n) is 1.67. The molecule has 0 aliphatic rings. The predicted molar refractivity (Wildman–Crippen MR) is 49.2 cm³/mol. The van der Waals surface area contributed by atoms with Crippen molar-refractivity contribution >= 4 is 5.97 Å². The first kappa shape index (κ1) is 11.2. The molecule has 0 bridgehead atoms. The maximum Gasteiger partial charge on any atom is 0.331 e. The molecule has 0 amide bonds. The van der Waals surface area contributed by atoms with Gasteiger partial charge < -0.3 is 10.4 Å². The van der Waals surface area contributed by atoms with Crippen LogP contribution in [-0.4, -0.2) is 24.2 Å². The molecule has 0 aliphatic heterocycles. The van der Waals surface area contributed by atoms with E-state index in [9.17, 15) is 4.79 Å². The van der Waals surface area contributed by atoms with Gasteiger partial charge in [-0.15, -0.1) is 0 Å². The monoisotopic (exact) mass is 171 g/mol. The molecular formula is C9H17NO2. The second-order valence-corrected chi connectivity index (χ2v) is 2.58. The third-order valence-corrected chi connectivity index (χ3v) is 1.67. The summed E-state index contributed by atoms with van der Waals surface area (Å²) < 4.78 is 0. The Labute approximate surface area is 73.5 Å². The van der Waals surface area contributed by atoms with E-state index in [-0.39, 0.29) is 0 Å². The van der Waals surface area contributed by atoms with Gasteiger partial charge in [0.1, 0.15) is 0 Å². The van der Waals surface area contributed by atoms with Gasteiger partial charge in [-0.25, -0.2) is 4.79 Å². The van der Waals surface area contributed by atoms with Crippen LogP contribution < -0.4 is 5.32 Å². The van der Waals surface area contributed by atoms with Crippen molar-refractivity contribution in [3.05, 3.63) is 11.6 Å². The molecule has 0 heterocycles. The van der Waals surface area contributed by atoms with Gasteiger partial charge in [0.25, 0.3) is 0 Å². The van der Waals surface area contributed by atoms with Crippen molar-refractivity contribution < 1.29 is 9.90 Å². The van der Waals surface area contributed by atoms with Gasteiger partial charge >= 0.3 is 5.97 Å². The van der Waals surface area contributed by atoms with E-state index in [2.05, 4.69) is 5.32 Å². The Balaban J connectivity index is 3.54. The zero-order chi connectivity index (χ0) is 9.40. The number of carbonyl (C=O) groups is 1. The van der Waals surface area contributed by atoms with Crippen LogP contribution >= 0.6 is 0 Å². The van der Waals surface area contributed by atoms with Crippen LogP contribution in [0.4, 0.5) is 0 Å². The first-order valence-electron chi connectivity index (χ1n) is 4.31. The van der Waals surface area contributed by atoms with Gasteiger partial charge in [-0.3, -0.25) is 0 Å². The minimum atomic E-state index is -0.797. The van der Waals surface area contributed by atoms with E-state index in [0.717, 1.165) is 19.5 Å². The van der Waals surface area contributed by atoms with Crippen LogP contribution in [0.15, 0.2) is 11.6 Å². The summed E-state index contributed by atoms with van der Waals surface area (Å²) in [4.78, 5) is 10.5. The van der Waals surface area contributed by atoms with Crippen LogP contribution in [0.3, 0.4) is 0 Å². The van der Waals surface area contributed by atoms with Crippen molar-refractivity contribution in [3.63, 3.8) is 0 Å². The fraction of sp³-hybridized carbons (Fsp3) is 0.667. The lowest BCUT2D eigenvalue weighted by atomic mass is 10.1. The topological polar surface area (TPSA) is 49.3 Å². The molecule has 3 heteroatoms. The Kier molecular flexibility index (Phi) is 6.38. The molecule has 0 aromatic heterocycles. The van der Waals surface area contributed by atoms with Crippen molar-refractivity contribution in [1.82, 2.24) is 5.32 Å². The molecular weight excluding hydrogens is 154 g/mol. The molecule has 0 aliphatic carbocycles. The molecule has 2 N–H and O–H groups in total. The summed E-state index contributed by atoms with van der Waals surface area (Å²) in [5.41, 5.74) is 0.507. The van der Waals surface area contributed by atoms with E-state index in [1.54, 1.807) is 13.0 Å². The molecule has 0 rings (SSSR count). The van der Waals surface area contributed by atoms with Crippen molar-refractivity contribution in [2.24, 2.45) is 0 Å². The summed E-state index contributed by atoms with van der Waals surface area (Å²) in [5.74, 6) is -0.797. The van der Waals surface area contributed by atoms with Gasteiger partial charge in [-0.05, 0) is 32.9 Å². The number of aliphatic carboxylic acids is 1. The second kappa shape index (κ2) is 6.85. The summed E-state index contributed by atoms with van der Waals surface area (Å²) in [6.45, 7) is 5.63. The highest BCUT2D eigenvalue weighted by Gasteiger charge is 2.03. The number of carboxylic acids is 1. The highest BCUT2D eigenvalue weighted by molar-refractivity contribution is 5.86. The van der Waals surface area contributed by atoms with Crippen LogP contribution in [0.25, 0.3) is 0 Å². The first-order valence-corrected chi connectivity index (χ1v) is 4.31. The molecule has 0 fully saturated rings. The maximum absolute atomic E-state index is 10.5. The highest BCUT2D eigenvalue weighted by atomic mass is 16.4. The molecule has 12 heavy (non-hydrogen) atoms. The molecule has 0 radical (unpaired) electrons. The fourth-order valence-electron chi connectivity index (χ4n) is 0.955. The van der Waals surface area contributed by atoms with Crippen LogP contribution in [0, 0.1) is 0 Å². The molecule has 0 spiro atoms. The summed E-state index contributed by atoms with van der Waals surface area (Å²) in [7, 11) is 0. The predicted octanol–water partition coefficient (Wildman–Crippen LogP) is 1.41. The number of rotatable bonds is 6. The van der Waals surface area contributed by atoms with Gasteiger partial charge in [0.15, 0.2) is 0 Å². The average Bonchev–Trinajstić information content (AvgIpc) is 2.04. The van der Waals surface area contributed by atoms with Gasteiger partial charge in [-0.1, -0.05) is 13.0 Å². The van der Waals surface area contributed by atoms with Crippen molar-refractivity contribution in [3.8, 4) is 0 Å². The molecule has 0 aromatic carbocycles. The van der Waals surface area contributed by atoms with Gasteiger partial charge in [0.2, 0.25) is 0 Å². The van der Waals surface area contributed by atoms with E-state index in [1.165, 1.54) is 0 Å². The van der Waals surface area contributed by atoms with Gasteiger partial charge in [-0.2, -0.15) is 0 Å². The molecule has 3 nitrogen and oxygen atoms in total. The Morgan fingerprint density at radius 3 is 2.67 bits per heavy atom. The summed E-state index contributed by atoms with van der Waals surface area (Å²) in [6.07, 6.45) is 3.20. The van der Waals surface area contributed by atoms with Crippen LogP contribution in [-0.2, 0) is 4.79 Å². The minimum Gasteiger partial charge on any atom is -0.478 e. The van der Waals surface area contributed by atoms with Gasteiger partial charge in [0, 0.05) is 5.57 Å². The van der Waals surface area contributed by atoms with Crippen molar-refractivity contribution in [2.75, 3.05) is 13.1 Å². The lowest BCUT2D eigenvalue weighted by molar-refractivity contribution is -0.132. The number of hydrogen-bond donors (Lipinski definition) is 2. The zero-order valence-electron chi connectivity index (χ0n) is 7.76. The zero-order valence-corrected chi connectivity index (χ0v) is 7.76. The number of allylic oxidation sites excluding steroid dienone is 1. The lowest BCUT2D eigenvalue weighted by Crippen LogP contribution is -2.14. The molecule has 0 saturated heterocycles. The number of carboxylic acid groups (broad SMARTS) is 1. The van der Waals surface area contributed by atoms with Crippen molar-refractivity contribution in [2.45, 2.75) is 26.7 Å². The summed E-state index contributed by atoms with van der Waals surface area (Å²) in [6, 6.07) is 0. The number of nitrogens with one attached hydrogen (secondary N) is 1. The fourth-order valence-corrected chi connectivity index (χ4v) is 0.955. The SMILES string of the molecule is C/C=C(\CCCNCC)C(=O)O. The summed E-state index contributed by atoms with van der Waals surface area (Å²) in [5, 5.41) is 11.8. The van der Waals surface area contributed by atoms with Crippen LogP contribution in [0.2, 0.25) is 0 Å². The number of hydrogen-bond acceptors (Lipinski definition) is 2. The van der Waals surface area contributed by atoms with E-state index in [1.807, 2.05) is 6.92 Å². The standard InChI is InChI=1S/C9H17NO2/c1-3-8(9(11)12)6-5-7-10-4-2/h3,10H,4-7H2,1-2H3,(H,11,12)/b8-3+. The van der Waals surface area contributed by atoms with Crippen LogP contribution in [0.1, 0.15) is 26.7 Å². The Morgan fingerprint density at radius 1 is 1.58 bits per heavy atom. The van der Waals surface area contributed by atoms with Crippen molar-refractivity contribution in [1.29, 1.82) is 0 Å². The highest BCUT2D eigenvalue weighted by Crippen LogP contribution is 2.03. The third kappa shape index (κ3) is 4.91. The largest absolute Gasteiger partial charge is 0.478 e. The maximum atomic E-state index is 10.5. The Bertz CT molecular complexity index is 164. The van der Waals surface area contributed by atoms with Crippen LogP contribution in [0.5, 0.6) is 0 Å². The quantitative estimate of drug-likeness (QED) is 0.469. The van der Waals surface area contributed by atoms with E-state index in [0.29, 0.717) is 12.0 Å². The Hall–Kier alpha value is -0.830. The van der Waals surface area contributed by atoms with E-state index in [4.69, 9.17) is 5.11 Å². The lowest BCUT2D eigenvalue weighted by Gasteiger charge is -2.01. The average molecular weight is 171 g/mol. The molecule has 70 valence electrons.